The van der Waals surface area contributed by atoms with Crippen LogP contribution in [0.3, 0.4) is 0 Å². The fraction of sp³-hybridized carbons (Fsp3) is 0.214. The van der Waals surface area contributed by atoms with E-state index in [9.17, 15) is 4.39 Å². The van der Waals surface area contributed by atoms with Crippen LogP contribution in [0.15, 0.2) is 36.5 Å². The number of aryl methyl sites for hydroxylation is 1. The van der Waals surface area contributed by atoms with Crippen molar-refractivity contribution in [3.8, 4) is 0 Å². The summed E-state index contributed by atoms with van der Waals surface area (Å²) < 4.78 is 13.5. The van der Waals surface area contributed by atoms with Gasteiger partial charge in [0.1, 0.15) is 5.82 Å². The van der Waals surface area contributed by atoms with Crippen LogP contribution in [0.4, 0.5) is 4.39 Å². The van der Waals surface area contributed by atoms with E-state index in [0.29, 0.717) is 23.7 Å². The van der Waals surface area contributed by atoms with Gasteiger partial charge in [-0.25, -0.2) is 4.39 Å². The van der Waals surface area contributed by atoms with E-state index in [1.54, 1.807) is 12.1 Å². The summed E-state index contributed by atoms with van der Waals surface area (Å²) in [5.41, 5.74) is 2.68. The molecule has 4 heteroatoms. The van der Waals surface area contributed by atoms with Gasteiger partial charge in [0.25, 0.3) is 0 Å². The Balaban J connectivity index is 1.90. The first-order valence-corrected chi connectivity index (χ1v) is 6.09. The summed E-state index contributed by atoms with van der Waals surface area (Å²) in [6, 6.07) is 8.67. The third-order valence-electron chi connectivity index (χ3n) is 2.63. The Bertz CT molecular complexity index is 526. The smallest absolute Gasteiger partial charge is 0.129 e. The lowest BCUT2D eigenvalue weighted by atomic mass is 10.2. The van der Waals surface area contributed by atoms with Gasteiger partial charge in [0.05, 0.1) is 0 Å². The highest BCUT2D eigenvalue weighted by Gasteiger charge is 2.02. The van der Waals surface area contributed by atoms with E-state index in [-0.39, 0.29) is 5.82 Å². The Morgan fingerprint density at radius 3 is 2.72 bits per heavy atom. The van der Waals surface area contributed by atoms with Crippen LogP contribution >= 0.6 is 11.6 Å². The second kappa shape index (κ2) is 5.94. The summed E-state index contributed by atoms with van der Waals surface area (Å²) in [4.78, 5) is 4.20. The van der Waals surface area contributed by atoms with Gasteiger partial charge in [-0.3, -0.25) is 4.98 Å². The first-order valence-electron chi connectivity index (χ1n) is 5.71. The summed E-state index contributed by atoms with van der Waals surface area (Å²) >= 11 is 5.69. The first-order chi connectivity index (χ1) is 8.65. The number of rotatable bonds is 4. The molecular weight excluding hydrogens is 251 g/mol. The first kappa shape index (κ1) is 13.0. The van der Waals surface area contributed by atoms with Gasteiger partial charge >= 0.3 is 0 Å². The lowest BCUT2D eigenvalue weighted by molar-refractivity contribution is 0.588. The van der Waals surface area contributed by atoms with Crippen LogP contribution < -0.4 is 5.32 Å². The molecule has 94 valence electrons. The van der Waals surface area contributed by atoms with Crippen molar-refractivity contribution >= 4 is 11.6 Å². The molecule has 0 amide bonds. The van der Waals surface area contributed by atoms with Crippen molar-refractivity contribution in [3.63, 3.8) is 0 Å². The molecule has 0 aliphatic rings. The molecule has 0 aliphatic carbocycles. The average molecular weight is 265 g/mol. The molecule has 0 saturated heterocycles. The number of aromatic nitrogens is 1. The monoisotopic (exact) mass is 264 g/mol. The number of pyridine rings is 1. The molecule has 1 aromatic heterocycles. The van der Waals surface area contributed by atoms with Gasteiger partial charge in [0.15, 0.2) is 0 Å². The van der Waals surface area contributed by atoms with Crippen molar-refractivity contribution in [2.24, 2.45) is 0 Å². The molecule has 1 N–H and O–H groups in total. The molecule has 0 radical (unpaired) electrons. The van der Waals surface area contributed by atoms with Crippen molar-refractivity contribution < 1.29 is 4.39 Å². The van der Waals surface area contributed by atoms with Crippen molar-refractivity contribution in [2.45, 2.75) is 20.0 Å². The second-order valence-electron chi connectivity index (χ2n) is 4.15. The highest BCUT2D eigenvalue weighted by atomic mass is 35.5. The Hall–Kier alpha value is -1.45. The van der Waals surface area contributed by atoms with Crippen LogP contribution in [0.25, 0.3) is 0 Å². The standard InChI is InChI=1S/C14H14ClFN2/c1-10-2-3-11(8-18-10)7-17-9-12-4-5-13(15)6-14(12)16/h2-6,8,17H,7,9H2,1H3. The van der Waals surface area contributed by atoms with E-state index in [4.69, 9.17) is 11.6 Å². The highest BCUT2D eigenvalue weighted by molar-refractivity contribution is 6.30. The van der Waals surface area contributed by atoms with E-state index in [1.165, 1.54) is 6.07 Å². The lowest BCUT2D eigenvalue weighted by Gasteiger charge is -2.06. The molecule has 0 atom stereocenters. The zero-order valence-corrected chi connectivity index (χ0v) is 10.8. The SMILES string of the molecule is Cc1ccc(CNCc2ccc(Cl)cc2F)cn1. The van der Waals surface area contributed by atoms with Gasteiger partial charge in [-0.1, -0.05) is 23.7 Å². The van der Waals surface area contributed by atoms with Gasteiger partial charge in [-0.05, 0) is 30.7 Å². The van der Waals surface area contributed by atoms with Crippen molar-refractivity contribution in [1.29, 1.82) is 0 Å². The number of halogens is 2. The molecule has 0 fully saturated rings. The molecule has 0 unspecified atom stereocenters. The number of nitrogens with one attached hydrogen (secondary N) is 1. The summed E-state index contributed by atoms with van der Waals surface area (Å²) in [6.45, 7) is 3.08. The molecule has 0 aliphatic heterocycles. The minimum atomic E-state index is -0.281. The molecule has 0 bridgehead atoms. The van der Waals surface area contributed by atoms with Crippen LogP contribution in [0.1, 0.15) is 16.8 Å². The van der Waals surface area contributed by atoms with Crippen LogP contribution in [-0.2, 0) is 13.1 Å². The maximum atomic E-state index is 13.5. The number of hydrogen-bond donors (Lipinski definition) is 1. The third-order valence-corrected chi connectivity index (χ3v) is 2.87. The maximum Gasteiger partial charge on any atom is 0.129 e. The molecule has 0 saturated carbocycles. The highest BCUT2D eigenvalue weighted by Crippen LogP contribution is 2.14. The fourth-order valence-corrected chi connectivity index (χ4v) is 1.77. The zero-order chi connectivity index (χ0) is 13.0. The topological polar surface area (TPSA) is 24.9 Å². The zero-order valence-electron chi connectivity index (χ0n) is 10.1. The van der Waals surface area contributed by atoms with Crippen LogP contribution in [-0.4, -0.2) is 4.98 Å². The lowest BCUT2D eigenvalue weighted by Crippen LogP contribution is -2.13. The normalized spacial score (nSPS) is 10.6. The molecule has 1 heterocycles. The molecule has 2 nitrogen and oxygen atoms in total. The molecular formula is C14H14ClFN2. The van der Waals surface area contributed by atoms with Crippen LogP contribution in [0, 0.1) is 12.7 Å². The van der Waals surface area contributed by atoms with Crippen LogP contribution in [0.2, 0.25) is 5.02 Å². The van der Waals surface area contributed by atoms with E-state index in [0.717, 1.165) is 11.3 Å². The molecule has 2 aromatic rings. The maximum absolute atomic E-state index is 13.5. The predicted octanol–water partition coefficient (Wildman–Crippen LogP) is 3.47. The van der Waals surface area contributed by atoms with Gasteiger partial charge in [-0.15, -0.1) is 0 Å². The average Bonchev–Trinajstić information content (AvgIpc) is 2.34. The predicted molar refractivity (Wildman–Crippen MR) is 70.9 cm³/mol. The van der Waals surface area contributed by atoms with E-state index in [1.807, 2.05) is 25.3 Å². The third kappa shape index (κ3) is 3.52. The van der Waals surface area contributed by atoms with Crippen molar-refractivity contribution in [1.82, 2.24) is 10.3 Å². The Morgan fingerprint density at radius 1 is 1.22 bits per heavy atom. The van der Waals surface area contributed by atoms with Gasteiger partial charge in [-0.2, -0.15) is 0 Å². The van der Waals surface area contributed by atoms with Gasteiger partial charge in [0.2, 0.25) is 0 Å². The Kier molecular flexibility index (Phi) is 4.28. The Labute approximate surface area is 111 Å². The summed E-state index contributed by atoms with van der Waals surface area (Å²) in [7, 11) is 0. The number of benzene rings is 1. The van der Waals surface area contributed by atoms with Crippen LogP contribution in [0.5, 0.6) is 0 Å². The van der Waals surface area contributed by atoms with Crippen molar-refractivity contribution in [2.75, 3.05) is 0 Å². The quantitative estimate of drug-likeness (QED) is 0.915. The molecule has 1 aromatic carbocycles. The van der Waals surface area contributed by atoms with Crippen molar-refractivity contribution in [3.05, 3.63) is 64.2 Å². The van der Waals surface area contributed by atoms with E-state index in [2.05, 4.69) is 10.3 Å². The second-order valence-corrected chi connectivity index (χ2v) is 4.58. The Morgan fingerprint density at radius 2 is 2.06 bits per heavy atom. The molecule has 0 spiro atoms. The minimum Gasteiger partial charge on any atom is -0.308 e. The number of hydrogen-bond acceptors (Lipinski definition) is 2. The van der Waals surface area contributed by atoms with Gasteiger partial charge in [0, 0.05) is 35.6 Å². The van der Waals surface area contributed by atoms with E-state index < -0.39 is 0 Å². The molecule has 18 heavy (non-hydrogen) atoms. The summed E-state index contributed by atoms with van der Waals surface area (Å²) in [5.74, 6) is -0.281. The largest absolute Gasteiger partial charge is 0.308 e. The van der Waals surface area contributed by atoms with Gasteiger partial charge < -0.3 is 5.32 Å². The number of nitrogens with zero attached hydrogens (tertiary/aromatic N) is 1. The summed E-state index contributed by atoms with van der Waals surface area (Å²) in [6.07, 6.45) is 1.82. The summed E-state index contributed by atoms with van der Waals surface area (Å²) in [5, 5.41) is 3.59. The minimum absolute atomic E-state index is 0.281. The fourth-order valence-electron chi connectivity index (χ4n) is 1.61. The molecule has 2 rings (SSSR count). The van der Waals surface area contributed by atoms with E-state index >= 15 is 0 Å².